The van der Waals surface area contributed by atoms with Gasteiger partial charge in [-0.2, -0.15) is 0 Å². The maximum atomic E-state index is 12.7. The zero-order chi connectivity index (χ0) is 15.3. The standard InChI is InChI=1S/C16H10ClN3O2/c17-8-5-6-12-9(7-8)14(21)13(15(18)22-12)16-19-10-3-1-2-4-11(10)20-16/h1-7H,18H2,(H,19,20). The minimum Gasteiger partial charge on any atom is -0.440 e. The Kier molecular flexibility index (Phi) is 2.71. The van der Waals surface area contributed by atoms with E-state index in [1.165, 1.54) is 0 Å². The summed E-state index contributed by atoms with van der Waals surface area (Å²) in [4.78, 5) is 20.2. The SMILES string of the molecule is Nc1oc2ccc(Cl)cc2c(=O)c1-c1nc2ccccc2[nH]1. The van der Waals surface area contributed by atoms with Crippen LogP contribution in [0.15, 0.2) is 51.7 Å². The number of imidazole rings is 1. The Morgan fingerprint density at radius 2 is 2.00 bits per heavy atom. The molecule has 0 fully saturated rings. The second-order valence-corrected chi connectivity index (χ2v) is 5.35. The Morgan fingerprint density at radius 1 is 1.18 bits per heavy atom. The van der Waals surface area contributed by atoms with Gasteiger partial charge in [0.25, 0.3) is 0 Å². The third-order valence-electron chi connectivity index (χ3n) is 3.51. The number of fused-ring (bicyclic) bond motifs is 2. The summed E-state index contributed by atoms with van der Waals surface area (Å²) >= 11 is 5.96. The molecule has 0 aliphatic heterocycles. The summed E-state index contributed by atoms with van der Waals surface area (Å²) in [5.74, 6) is 0.410. The van der Waals surface area contributed by atoms with E-state index >= 15 is 0 Å². The number of aromatic amines is 1. The molecule has 0 unspecified atom stereocenters. The zero-order valence-corrected chi connectivity index (χ0v) is 12.0. The van der Waals surface area contributed by atoms with Gasteiger partial charge in [-0.25, -0.2) is 4.98 Å². The molecule has 4 aromatic rings. The van der Waals surface area contributed by atoms with Crippen LogP contribution in [0.2, 0.25) is 5.02 Å². The van der Waals surface area contributed by atoms with Gasteiger partial charge in [0.05, 0.1) is 16.4 Å². The molecule has 0 radical (unpaired) electrons. The molecule has 3 N–H and O–H groups in total. The number of rotatable bonds is 1. The van der Waals surface area contributed by atoms with Crippen LogP contribution in [0.1, 0.15) is 0 Å². The number of anilines is 1. The van der Waals surface area contributed by atoms with Crippen molar-refractivity contribution in [1.29, 1.82) is 0 Å². The van der Waals surface area contributed by atoms with Crippen molar-refractivity contribution in [3.63, 3.8) is 0 Å². The van der Waals surface area contributed by atoms with Crippen molar-refractivity contribution in [3.05, 3.63) is 57.7 Å². The first-order chi connectivity index (χ1) is 10.6. The minimum absolute atomic E-state index is 0.0267. The molecule has 0 bridgehead atoms. The van der Waals surface area contributed by atoms with Crippen molar-refractivity contribution in [2.75, 3.05) is 5.73 Å². The van der Waals surface area contributed by atoms with Crippen LogP contribution in [0.4, 0.5) is 5.88 Å². The Hall–Kier alpha value is -2.79. The monoisotopic (exact) mass is 311 g/mol. The van der Waals surface area contributed by atoms with Gasteiger partial charge < -0.3 is 15.1 Å². The van der Waals surface area contributed by atoms with Gasteiger partial charge in [0.1, 0.15) is 17.0 Å². The number of nitrogens with two attached hydrogens (primary N) is 1. The number of aromatic nitrogens is 2. The molecule has 0 amide bonds. The number of para-hydroxylation sites is 2. The van der Waals surface area contributed by atoms with Gasteiger partial charge in [-0.05, 0) is 30.3 Å². The number of nitrogen functional groups attached to an aromatic ring is 1. The number of benzene rings is 2. The average Bonchev–Trinajstić information content (AvgIpc) is 2.91. The minimum atomic E-state index is -0.264. The van der Waals surface area contributed by atoms with Crippen LogP contribution >= 0.6 is 11.6 Å². The molecule has 0 atom stereocenters. The number of H-pyrrole nitrogens is 1. The second kappa shape index (κ2) is 4.61. The molecule has 2 heterocycles. The average molecular weight is 312 g/mol. The van der Waals surface area contributed by atoms with E-state index in [4.69, 9.17) is 21.8 Å². The first-order valence-corrected chi connectivity index (χ1v) is 6.98. The largest absolute Gasteiger partial charge is 0.440 e. The van der Waals surface area contributed by atoms with Crippen molar-refractivity contribution >= 4 is 39.5 Å². The summed E-state index contributed by atoms with van der Waals surface area (Å²) in [6.07, 6.45) is 0. The number of hydrogen-bond acceptors (Lipinski definition) is 4. The first kappa shape index (κ1) is 12.9. The van der Waals surface area contributed by atoms with Gasteiger partial charge in [0.2, 0.25) is 11.3 Å². The predicted octanol–water partition coefficient (Wildman–Crippen LogP) is 3.57. The number of hydrogen-bond donors (Lipinski definition) is 2. The third-order valence-corrected chi connectivity index (χ3v) is 3.74. The number of nitrogens with one attached hydrogen (secondary N) is 1. The summed E-state index contributed by atoms with van der Waals surface area (Å²) in [7, 11) is 0. The lowest BCUT2D eigenvalue weighted by Crippen LogP contribution is -2.09. The van der Waals surface area contributed by atoms with E-state index in [0.29, 0.717) is 21.8 Å². The first-order valence-electron chi connectivity index (χ1n) is 6.60. The van der Waals surface area contributed by atoms with E-state index in [1.54, 1.807) is 18.2 Å². The van der Waals surface area contributed by atoms with E-state index in [1.807, 2.05) is 24.3 Å². The van der Waals surface area contributed by atoms with Crippen molar-refractivity contribution in [3.8, 4) is 11.4 Å². The number of nitrogens with zero attached hydrogens (tertiary/aromatic N) is 1. The molecule has 5 nitrogen and oxygen atoms in total. The van der Waals surface area contributed by atoms with Crippen molar-refractivity contribution in [2.24, 2.45) is 0 Å². The normalized spacial score (nSPS) is 11.3. The van der Waals surface area contributed by atoms with Crippen LogP contribution in [0.25, 0.3) is 33.4 Å². The molecule has 6 heteroatoms. The molecule has 2 aromatic carbocycles. The highest BCUT2D eigenvalue weighted by molar-refractivity contribution is 6.31. The molecule has 108 valence electrons. The topological polar surface area (TPSA) is 84.9 Å². The summed E-state index contributed by atoms with van der Waals surface area (Å²) in [5.41, 5.74) is 7.84. The van der Waals surface area contributed by atoms with Crippen LogP contribution in [-0.4, -0.2) is 9.97 Å². The van der Waals surface area contributed by atoms with E-state index in [-0.39, 0.29) is 16.9 Å². The van der Waals surface area contributed by atoms with Crippen LogP contribution in [0, 0.1) is 0 Å². The van der Waals surface area contributed by atoms with Gasteiger partial charge in [-0.3, -0.25) is 4.79 Å². The molecule has 0 aliphatic rings. The van der Waals surface area contributed by atoms with E-state index in [9.17, 15) is 4.79 Å². The molecule has 4 rings (SSSR count). The Morgan fingerprint density at radius 3 is 2.82 bits per heavy atom. The van der Waals surface area contributed by atoms with E-state index in [0.717, 1.165) is 11.0 Å². The summed E-state index contributed by atoms with van der Waals surface area (Å²) in [6, 6.07) is 12.3. The van der Waals surface area contributed by atoms with Crippen molar-refractivity contribution < 1.29 is 4.42 Å². The molecule has 0 saturated heterocycles. The Bertz CT molecular complexity index is 1050. The molecule has 22 heavy (non-hydrogen) atoms. The predicted molar refractivity (Wildman–Crippen MR) is 87.0 cm³/mol. The quantitative estimate of drug-likeness (QED) is 0.562. The van der Waals surface area contributed by atoms with Gasteiger partial charge >= 0.3 is 0 Å². The van der Waals surface area contributed by atoms with Crippen LogP contribution < -0.4 is 11.2 Å². The lowest BCUT2D eigenvalue weighted by atomic mass is 10.1. The Balaban J connectivity index is 2.07. The van der Waals surface area contributed by atoms with E-state index in [2.05, 4.69) is 9.97 Å². The fraction of sp³-hybridized carbons (Fsp3) is 0. The fourth-order valence-electron chi connectivity index (χ4n) is 2.48. The zero-order valence-electron chi connectivity index (χ0n) is 11.3. The molecular formula is C16H10ClN3O2. The van der Waals surface area contributed by atoms with Gasteiger partial charge in [0.15, 0.2) is 0 Å². The second-order valence-electron chi connectivity index (χ2n) is 4.91. The van der Waals surface area contributed by atoms with Crippen LogP contribution in [-0.2, 0) is 0 Å². The van der Waals surface area contributed by atoms with Gasteiger partial charge in [0, 0.05) is 5.02 Å². The maximum absolute atomic E-state index is 12.7. The van der Waals surface area contributed by atoms with Gasteiger partial charge in [-0.15, -0.1) is 0 Å². The summed E-state index contributed by atoms with van der Waals surface area (Å²) in [6.45, 7) is 0. The highest BCUT2D eigenvalue weighted by Crippen LogP contribution is 2.27. The maximum Gasteiger partial charge on any atom is 0.205 e. The summed E-state index contributed by atoms with van der Waals surface area (Å²) in [5, 5.41) is 0.831. The van der Waals surface area contributed by atoms with Crippen molar-refractivity contribution in [2.45, 2.75) is 0 Å². The smallest absolute Gasteiger partial charge is 0.205 e. The molecule has 0 saturated carbocycles. The summed E-state index contributed by atoms with van der Waals surface area (Å²) < 4.78 is 5.54. The Labute approximate surface area is 129 Å². The van der Waals surface area contributed by atoms with E-state index < -0.39 is 0 Å². The number of halogens is 1. The van der Waals surface area contributed by atoms with Crippen molar-refractivity contribution in [1.82, 2.24) is 9.97 Å². The highest BCUT2D eigenvalue weighted by Gasteiger charge is 2.17. The molecule has 0 spiro atoms. The van der Waals surface area contributed by atoms with Crippen LogP contribution in [0.5, 0.6) is 0 Å². The molecule has 2 aromatic heterocycles. The van der Waals surface area contributed by atoms with Crippen LogP contribution in [0.3, 0.4) is 0 Å². The third kappa shape index (κ3) is 1.87. The molecular weight excluding hydrogens is 302 g/mol. The fourth-order valence-corrected chi connectivity index (χ4v) is 2.65. The lowest BCUT2D eigenvalue weighted by molar-refractivity contribution is 0.626. The molecule has 0 aliphatic carbocycles. The lowest BCUT2D eigenvalue weighted by Gasteiger charge is -2.04. The highest BCUT2D eigenvalue weighted by atomic mass is 35.5. The van der Waals surface area contributed by atoms with Gasteiger partial charge in [-0.1, -0.05) is 23.7 Å².